The Labute approximate surface area is 122 Å². The Morgan fingerprint density at radius 2 is 1.81 bits per heavy atom. The summed E-state index contributed by atoms with van der Waals surface area (Å²) in [5.41, 5.74) is 4.15. The van der Waals surface area contributed by atoms with Crippen molar-refractivity contribution in [3.05, 3.63) is 64.7 Å². The maximum Gasteiger partial charge on any atom is 0.231 e. The summed E-state index contributed by atoms with van der Waals surface area (Å²) in [5, 5.41) is 0. The molecule has 0 unspecified atom stereocenters. The summed E-state index contributed by atoms with van der Waals surface area (Å²) < 4.78 is 10.7. The predicted octanol–water partition coefficient (Wildman–Crippen LogP) is 3.63. The quantitative estimate of drug-likeness (QED) is 0.799. The first kappa shape index (κ1) is 12.2. The summed E-state index contributed by atoms with van der Waals surface area (Å²) in [6.45, 7) is 0.279. The predicted molar refractivity (Wildman–Crippen MR) is 79.6 cm³/mol. The Morgan fingerprint density at radius 1 is 0.952 bits per heavy atom. The minimum Gasteiger partial charge on any atom is -0.454 e. The summed E-state index contributed by atoms with van der Waals surface area (Å²) in [5.74, 6) is 1.75. The molecule has 0 atom stereocenters. The lowest BCUT2D eigenvalue weighted by atomic mass is 9.86. The fourth-order valence-corrected chi connectivity index (χ4v) is 2.90. The maximum absolute atomic E-state index is 12.2. The summed E-state index contributed by atoms with van der Waals surface area (Å²) in [6, 6.07) is 13.7. The molecule has 1 aliphatic carbocycles. The highest BCUT2D eigenvalue weighted by Crippen LogP contribution is 2.34. The average Bonchev–Trinajstić information content (AvgIpc) is 2.95. The fraction of sp³-hybridized carbons (Fsp3) is 0.167. The zero-order chi connectivity index (χ0) is 14.2. The van der Waals surface area contributed by atoms with E-state index in [4.69, 9.17) is 9.47 Å². The van der Waals surface area contributed by atoms with Gasteiger partial charge in [0, 0.05) is 12.0 Å². The first-order valence-corrected chi connectivity index (χ1v) is 7.00. The van der Waals surface area contributed by atoms with Crippen LogP contribution in [0.4, 0.5) is 0 Å². The van der Waals surface area contributed by atoms with Gasteiger partial charge < -0.3 is 9.47 Å². The Balaban J connectivity index is 1.67. The van der Waals surface area contributed by atoms with Gasteiger partial charge in [-0.3, -0.25) is 4.79 Å². The average molecular weight is 278 g/mol. The minimum absolute atomic E-state index is 0.198. The molecular weight excluding hydrogens is 264 g/mol. The molecule has 4 rings (SSSR count). The van der Waals surface area contributed by atoms with Crippen LogP contribution in [0.15, 0.2) is 48.0 Å². The van der Waals surface area contributed by atoms with Gasteiger partial charge in [-0.05, 0) is 29.7 Å². The number of fused-ring (bicyclic) bond motifs is 2. The van der Waals surface area contributed by atoms with Crippen molar-refractivity contribution in [3.8, 4) is 11.5 Å². The lowest BCUT2D eigenvalue weighted by Crippen LogP contribution is -2.12. The van der Waals surface area contributed by atoms with Crippen molar-refractivity contribution in [3.63, 3.8) is 0 Å². The molecule has 0 N–H and O–H groups in total. The van der Waals surface area contributed by atoms with Crippen molar-refractivity contribution in [2.75, 3.05) is 6.79 Å². The van der Waals surface area contributed by atoms with E-state index in [1.165, 1.54) is 0 Å². The van der Waals surface area contributed by atoms with E-state index in [9.17, 15) is 4.79 Å². The molecule has 0 fully saturated rings. The lowest BCUT2D eigenvalue weighted by Gasteiger charge is -2.17. The summed E-state index contributed by atoms with van der Waals surface area (Å²) >= 11 is 0. The molecule has 1 aliphatic heterocycles. The van der Waals surface area contributed by atoms with Crippen LogP contribution >= 0.6 is 0 Å². The van der Waals surface area contributed by atoms with Crippen LogP contribution in [-0.2, 0) is 6.42 Å². The second kappa shape index (κ2) is 4.77. The van der Waals surface area contributed by atoms with E-state index in [2.05, 4.69) is 6.08 Å². The molecule has 0 spiro atoms. The van der Waals surface area contributed by atoms with E-state index in [1.54, 1.807) is 0 Å². The number of ether oxygens (including phenoxy) is 2. The van der Waals surface area contributed by atoms with Gasteiger partial charge in [-0.15, -0.1) is 0 Å². The van der Waals surface area contributed by atoms with Gasteiger partial charge in [0.2, 0.25) is 6.79 Å². The van der Waals surface area contributed by atoms with Crippen molar-refractivity contribution < 1.29 is 14.3 Å². The zero-order valence-electron chi connectivity index (χ0n) is 11.5. The molecule has 0 saturated carbocycles. The molecule has 1 heterocycles. The van der Waals surface area contributed by atoms with Gasteiger partial charge >= 0.3 is 0 Å². The Morgan fingerprint density at radius 3 is 2.76 bits per heavy atom. The monoisotopic (exact) mass is 278 g/mol. The van der Waals surface area contributed by atoms with Crippen molar-refractivity contribution in [1.29, 1.82) is 0 Å². The maximum atomic E-state index is 12.2. The number of Topliss-reactive ketones (excluding diaryl/α,β-unsaturated/α-hetero) is 1. The molecule has 2 aromatic rings. The smallest absolute Gasteiger partial charge is 0.231 e. The summed E-state index contributed by atoms with van der Waals surface area (Å²) in [4.78, 5) is 12.2. The Bertz CT molecular complexity index is 759. The number of ketones is 1. The molecule has 21 heavy (non-hydrogen) atoms. The highest BCUT2D eigenvalue weighted by Gasteiger charge is 2.20. The topological polar surface area (TPSA) is 35.5 Å². The van der Waals surface area contributed by atoms with Gasteiger partial charge in [0.1, 0.15) is 0 Å². The second-order valence-corrected chi connectivity index (χ2v) is 5.35. The summed E-state index contributed by atoms with van der Waals surface area (Å²) in [7, 11) is 0. The third-order valence-electron chi connectivity index (χ3n) is 3.89. The number of hydrogen-bond acceptors (Lipinski definition) is 3. The van der Waals surface area contributed by atoms with Crippen molar-refractivity contribution in [2.24, 2.45) is 0 Å². The molecule has 2 aromatic carbocycles. The van der Waals surface area contributed by atoms with Crippen molar-refractivity contribution in [1.82, 2.24) is 0 Å². The molecule has 0 amide bonds. The molecule has 2 aliphatic rings. The van der Waals surface area contributed by atoms with E-state index in [-0.39, 0.29) is 12.6 Å². The molecule has 104 valence electrons. The van der Waals surface area contributed by atoms with Crippen LogP contribution in [0.2, 0.25) is 0 Å². The first-order valence-electron chi connectivity index (χ1n) is 7.00. The van der Waals surface area contributed by atoms with Crippen molar-refractivity contribution >= 4 is 11.9 Å². The second-order valence-electron chi connectivity index (χ2n) is 5.35. The highest BCUT2D eigenvalue weighted by molar-refractivity contribution is 6.01. The van der Waals surface area contributed by atoms with Gasteiger partial charge in [-0.1, -0.05) is 42.0 Å². The molecule has 3 heteroatoms. The fourth-order valence-electron chi connectivity index (χ4n) is 2.90. The van der Waals surface area contributed by atoms with E-state index in [0.717, 1.165) is 40.2 Å². The number of benzene rings is 2. The Hall–Kier alpha value is -2.55. The first-order chi connectivity index (χ1) is 10.3. The van der Waals surface area contributed by atoms with Crippen LogP contribution in [-0.4, -0.2) is 12.6 Å². The highest BCUT2D eigenvalue weighted by atomic mass is 16.7. The minimum atomic E-state index is 0.198. The van der Waals surface area contributed by atoms with Crippen LogP contribution in [0.5, 0.6) is 11.5 Å². The van der Waals surface area contributed by atoms with Crippen LogP contribution in [0, 0.1) is 0 Å². The SMILES string of the molecule is O=C1C/C(=C\c2ccc3c(c2)OCO3)Cc2ccccc21. The number of carbonyl (C=O) groups is 1. The van der Waals surface area contributed by atoms with E-state index >= 15 is 0 Å². The van der Waals surface area contributed by atoms with E-state index < -0.39 is 0 Å². The lowest BCUT2D eigenvalue weighted by molar-refractivity contribution is 0.0987. The Kier molecular flexibility index (Phi) is 2.78. The molecule has 0 aromatic heterocycles. The molecule has 0 saturated heterocycles. The van der Waals surface area contributed by atoms with Gasteiger partial charge in [-0.25, -0.2) is 0 Å². The van der Waals surface area contributed by atoms with Crippen LogP contribution < -0.4 is 9.47 Å². The summed E-state index contributed by atoms with van der Waals surface area (Å²) in [6.07, 6.45) is 3.40. The van der Waals surface area contributed by atoms with Gasteiger partial charge in [0.05, 0.1) is 0 Å². The largest absolute Gasteiger partial charge is 0.454 e. The molecule has 0 radical (unpaired) electrons. The zero-order valence-corrected chi connectivity index (χ0v) is 11.5. The standard InChI is InChI=1S/C18H14O3/c19-16-9-13(8-14-3-1-2-4-15(14)16)7-12-5-6-17-18(10-12)21-11-20-17/h1-7,10H,8-9,11H2/b13-7-. The third kappa shape index (κ3) is 2.21. The van der Waals surface area contributed by atoms with Crippen LogP contribution in [0.25, 0.3) is 6.08 Å². The van der Waals surface area contributed by atoms with Crippen molar-refractivity contribution in [2.45, 2.75) is 12.8 Å². The van der Waals surface area contributed by atoms with E-state index in [1.807, 2.05) is 42.5 Å². The number of hydrogen-bond donors (Lipinski definition) is 0. The van der Waals surface area contributed by atoms with Gasteiger partial charge in [-0.2, -0.15) is 0 Å². The number of carbonyl (C=O) groups excluding carboxylic acids is 1. The van der Waals surface area contributed by atoms with Crippen LogP contribution in [0.3, 0.4) is 0 Å². The molecule has 0 bridgehead atoms. The third-order valence-corrected chi connectivity index (χ3v) is 3.89. The van der Waals surface area contributed by atoms with Crippen LogP contribution in [0.1, 0.15) is 27.9 Å². The van der Waals surface area contributed by atoms with Gasteiger partial charge in [0.15, 0.2) is 17.3 Å². The molecule has 3 nitrogen and oxygen atoms in total. The number of allylic oxidation sites excluding steroid dienone is 1. The normalized spacial score (nSPS) is 17.9. The van der Waals surface area contributed by atoms with E-state index in [0.29, 0.717) is 6.42 Å². The molecular formula is C18H14O3. The van der Waals surface area contributed by atoms with Gasteiger partial charge in [0.25, 0.3) is 0 Å². The number of rotatable bonds is 1.